The second kappa shape index (κ2) is 30.3. The number of hydrogen-bond acceptors (Lipinski definition) is 9. The van der Waals surface area contributed by atoms with Crippen molar-refractivity contribution in [2.45, 2.75) is 116 Å². The molecule has 0 rings (SSSR count). The maximum atomic E-state index is 12.4. The van der Waals surface area contributed by atoms with Gasteiger partial charge in [0.15, 0.2) is 6.10 Å². The molecule has 0 aliphatic rings. The molecular weight excluding hydrogens is 599 g/mol. The van der Waals surface area contributed by atoms with Gasteiger partial charge in [-0.3, -0.25) is 18.6 Å². The first-order valence-corrected chi connectivity index (χ1v) is 17.7. The Labute approximate surface area is 270 Å². The van der Waals surface area contributed by atoms with Crippen LogP contribution < -0.4 is 0 Å². The largest absolute Gasteiger partial charge is 0.472 e. The lowest BCUT2D eigenvalue weighted by atomic mass is 10.1. The summed E-state index contributed by atoms with van der Waals surface area (Å²) < 4.78 is 32.2. The van der Waals surface area contributed by atoms with Crippen molar-refractivity contribution in [3.63, 3.8) is 0 Å². The van der Waals surface area contributed by atoms with Gasteiger partial charge in [-0.05, 0) is 38.5 Å². The number of allylic oxidation sites excluding steroid dienone is 9. The third-order valence-corrected chi connectivity index (χ3v) is 7.17. The van der Waals surface area contributed by atoms with Crippen LogP contribution in [-0.4, -0.2) is 65.7 Å². The van der Waals surface area contributed by atoms with E-state index in [2.05, 4.69) is 54.8 Å². The van der Waals surface area contributed by atoms with Crippen LogP contribution >= 0.6 is 7.82 Å². The summed E-state index contributed by atoms with van der Waals surface area (Å²) in [6, 6.07) is 0. The van der Waals surface area contributed by atoms with Gasteiger partial charge in [-0.2, -0.15) is 0 Å². The summed E-state index contributed by atoms with van der Waals surface area (Å²) in [5.74, 6) is -1.09. The van der Waals surface area contributed by atoms with Crippen LogP contribution in [0.5, 0.6) is 0 Å². The summed E-state index contributed by atoms with van der Waals surface area (Å²) in [5, 5.41) is 18.2. The molecule has 3 atom stereocenters. The Morgan fingerprint density at radius 2 is 1.20 bits per heavy atom. The Bertz CT molecular complexity index is 941. The third-order valence-electron chi connectivity index (χ3n) is 6.22. The van der Waals surface area contributed by atoms with Gasteiger partial charge in [-0.25, -0.2) is 4.57 Å². The summed E-state index contributed by atoms with van der Waals surface area (Å²) in [6.45, 7) is 2.04. The fourth-order valence-electron chi connectivity index (χ4n) is 3.71. The van der Waals surface area contributed by atoms with Crippen LogP contribution in [-0.2, 0) is 32.7 Å². The fraction of sp³-hybridized carbons (Fsp3) is 0.647. The molecule has 3 unspecified atom stereocenters. The van der Waals surface area contributed by atoms with Gasteiger partial charge in [0.25, 0.3) is 0 Å². The van der Waals surface area contributed by atoms with Gasteiger partial charge in [-0.15, -0.1) is 0 Å². The van der Waals surface area contributed by atoms with Gasteiger partial charge >= 0.3 is 19.8 Å². The Morgan fingerprint density at radius 1 is 0.689 bits per heavy atom. The number of carbonyl (C=O) groups excluding carboxylic acids is 2. The molecule has 0 radical (unpaired) electrons. The summed E-state index contributed by atoms with van der Waals surface area (Å²) in [4.78, 5) is 34.4. The molecule has 0 amide bonds. The molecule has 0 spiro atoms. The zero-order chi connectivity index (χ0) is 33.4. The number of unbranched alkanes of at least 4 members (excludes halogenated alkanes) is 6. The van der Waals surface area contributed by atoms with Gasteiger partial charge in [0.1, 0.15) is 12.7 Å². The summed E-state index contributed by atoms with van der Waals surface area (Å²) in [6.07, 6.45) is 29.7. The van der Waals surface area contributed by atoms with E-state index in [0.29, 0.717) is 12.8 Å². The Balaban J connectivity index is 4.62. The van der Waals surface area contributed by atoms with Gasteiger partial charge in [0.2, 0.25) is 0 Å². The second-order valence-corrected chi connectivity index (χ2v) is 11.9. The molecule has 0 fully saturated rings. The average molecular weight is 657 g/mol. The molecule has 0 aromatic heterocycles. The number of phosphoric acid groups is 1. The Hall–Kier alpha value is -2.33. The minimum absolute atomic E-state index is 0.0496. The normalized spacial score (nSPS) is 15.0. The van der Waals surface area contributed by atoms with Crippen molar-refractivity contribution in [2.24, 2.45) is 0 Å². The molecule has 0 heterocycles. The lowest BCUT2D eigenvalue weighted by molar-refractivity contribution is -0.160. The molecule has 0 saturated heterocycles. The topological polar surface area (TPSA) is 149 Å². The van der Waals surface area contributed by atoms with E-state index >= 15 is 0 Å². The Kier molecular flexibility index (Phi) is 28.8. The van der Waals surface area contributed by atoms with E-state index in [9.17, 15) is 24.2 Å². The molecule has 0 aromatic carbocycles. The van der Waals surface area contributed by atoms with Gasteiger partial charge < -0.3 is 24.6 Å². The van der Waals surface area contributed by atoms with Gasteiger partial charge in [0, 0.05) is 6.42 Å². The van der Waals surface area contributed by atoms with Gasteiger partial charge in [-0.1, -0.05) is 113 Å². The third kappa shape index (κ3) is 30.1. The highest BCUT2D eigenvalue weighted by molar-refractivity contribution is 7.47. The van der Waals surface area contributed by atoms with Crippen molar-refractivity contribution in [1.82, 2.24) is 0 Å². The van der Waals surface area contributed by atoms with Crippen LogP contribution in [0.1, 0.15) is 104 Å². The first-order valence-electron chi connectivity index (χ1n) is 16.2. The maximum absolute atomic E-state index is 12.4. The molecular formula is C34H57O10P. The fourth-order valence-corrected chi connectivity index (χ4v) is 4.50. The number of hydrogen-bond donors (Lipinski definition) is 3. The first-order chi connectivity index (χ1) is 21.7. The molecule has 11 heteroatoms. The van der Waals surface area contributed by atoms with Crippen molar-refractivity contribution >= 4 is 19.8 Å². The zero-order valence-corrected chi connectivity index (χ0v) is 28.2. The van der Waals surface area contributed by atoms with E-state index in [-0.39, 0.29) is 19.4 Å². The van der Waals surface area contributed by atoms with Crippen LogP contribution in [0.25, 0.3) is 0 Å². The molecule has 258 valence electrons. The number of rotatable bonds is 29. The highest BCUT2D eigenvalue weighted by Gasteiger charge is 2.27. The molecule has 0 aliphatic carbocycles. The molecule has 3 N–H and O–H groups in total. The van der Waals surface area contributed by atoms with Crippen molar-refractivity contribution in [3.05, 3.63) is 60.8 Å². The number of esters is 2. The van der Waals surface area contributed by atoms with E-state index in [1.165, 1.54) is 19.3 Å². The highest BCUT2D eigenvalue weighted by atomic mass is 31.2. The molecule has 0 aromatic rings. The monoisotopic (exact) mass is 656 g/mol. The minimum atomic E-state index is -4.63. The van der Waals surface area contributed by atoms with Crippen molar-refractivity contribution in [1.29, 1.82) is 0 Å². The molecule has 0 saturated carbocycles. The van der Waals surface area contributed by atoms with Gasteiger partial charge in [0.05, 0.1) is 26.2 Å². The molecule has 10 nitrogen and oxygen atoms in total. The maximum Gasteiger partial charge on any atom is 0.472 e. The van der Waals surface area contributed by atoms with E-state index in [4.69, 9.17) is 19.1 Å². The summed E-state index contributed by atoms with van der Waals surface area (Å²) in [7, 11) is -4.63. The van der Waals surface area contributed by atoms with E-state index < -0.39 is 51.8 Å². The van der Waals surface area contributed by atoms with Crippen LogP contribution in [0.4, 0.5) is 0 Å². The number of ether oxygens (including phenoxy) is 2. The van der Waals surface area contributed by atoms with Crippen LogP contribution in [0.2, 0.25) is 0 Å². The van der Waals surface area contributed by atoms with E-state index in [1.54, 1.807) is 6.08 Å². The van der Waals surface area contributed by atoms with Crippen molar-refractivity contribution in [3.8, 4) is 0 Å². The Morgan fingerprint density at radius 3 is 1.76 bits per heavy atom. The van der Waals surface area contributed by atoms with Crippen LogP contribution in [0.3, 0.4) is 0 Å². The number of aliphatic hydroxyl groups is 2. The number of aliphatic hydroxyl groups excluding tert-OH is 2. The predicted molar refractivity (Wildman–Crippen MR) is 177 cm³/mol. The summed E-state index contributed by atoms with van der Waals surface area (Å²) in [5.41, 5.74) is 0. The van der Waals surface area contributed by atoms with Crippen LogP contribution in [0.15, 0.2) is 60.8 Å². The molecule has 0 aliphatic heterocycles. The van der Waals surface area contributed by atoms with E-state index in [0.717, 1.165) is 44.9 Å². The zero-order valence-electron chi connectivity index (χ0n) is 27.3. The number of carbonyl (C=O) groups is 2. The highest BCUT2D eigenvalue weighted by Crippen LogP contribution is 2.43. The number of phosphoric ester groups is 1. The molecule has 0 bridgehead atoms. The van der Waals surface area contributed by atoms with Crippen molar-refractivity contribution < 1.29 is 47.8 Å². The lowest BCUT2D eigenvalue weighted by Crippen LogP contribution is -2.29. The smallest absolute Gasteiger partial charge is 0.462 e. The molecule has 45 heavy (non-hydrogen) atoms. The quantitative estimate of drug-likeness (QED) is 0.0326. The predicted octanol–water partition coefficient (Wildman–Crippen LogP) is 7.21. The average Bonchev–Trinajstić information content (AvgIpc) is 3.02. The first kappa shape index (κ1) is 42.7. The standard InChI is InChI=1S/C34H57O10P/c1-3-5-7-9-11-12-13-14-15-16-17-18-20-22-24-26-34(38)44-32(30-43-45(39,40)42-28-31(36)27-35)29-41-33(37)25-23-21-19-10-8-6-4-2/h5,7,11-12,14-15,17-18,22,24,31-32,35-36H,3-4,6,8-10,13,16,19-21,23,25-30H2,1-2H3,(H,39,40)/b7-5-,12-11-,15-14-,18-17-,24-22-. The SMILES string of the molecule is CC/C=C\C/C=C\C/C=C\C/C=C\C/C=C\CC(=O)OC(COC(=O)CCCCCCCCC)COP(=O)(O)OCC(O)CO. The van der Waals surface area contributed by atoms with Crippen LogP contribution in [0, 0.1) is 0 Å². The van der Waals surface area contributed by atoms with Crippen molar-refractivity contribution in [2.75, 3.05) is 26.4 Å². The summed E-state index contributed by atoms with van der Waals surface area (Å²) >= 11 is 0. The minimum Gasteiger partial charge on any atom is -0.462 e. The second-order valence-electron chi connectivity index (χ2n) is 10.5. The lowest BCUT2D eigenvalue weighted by Gasteiger charge is -2.20. The van der Waals surface area contributed by atoms with E-state index in [1.807, 2.05) is 18.2 Å².